The van der Waals surface area contributed by atoms with E-state index in [0.717, 1.165) is 11.3 Å². The quantitative estimate of drug-likeness (QED) is 0.464. The van der Waals surface area contributed by atoms with Gasteiger partial charge < -0.3 is 10.1 Å². The summed E-state index contributed by atoms with van der Waals surface area (Å²) in [5.41, 5.74) is 2.32. The van der Waals surface area contributed by atoms with Crippen LogP contribution in [0.3, 0.4) is 0 Å². The van der Waals surface area contributed by atoms with Crippen LogP contribution in [0.1, 0.15) is 21.7 Å². The molecule has 0 radical (unpaired) electrons. The number of anilines is 1. The van der Waals surface area contributed by atoms with Gasteiger partial charge in [0.2, 0.25) is 0 Å². The minimum absolute atomic E-state index is 0.205. The number of aromatic nitrogens is 5. The predicted molar refractivity (Wildman–Crippen MR) is 118 cm³/mol. The van der Waals surface area contributed by atoms with E-state index in [0.29, 0.717) is 33.9 Å². The molecule has 31 heavy (non-hydrogen) atoms. The SMILES string of the molecule is COc1cccc(-n2nnc(C(=O)Nc3ccnn3Cc3cccc(Cl)c3Cl)c2C)c1. The molecule has 0 saturated heterocycles. The van der Waals surface area contributed by atoms with Crippen molar-refractivity contribution >= 4 is 34.9 Å². The third-order valence-corrected chi connectivity index (χ3v) is 5.58. The van der Waals surface area contributed by atoms with Gasteiger partial charge >= 0.3 is 0 Å². The Morgan fingerprint density at radius 2 is 1.97 bits per heavy atom. The van der Waals surface area contributed by atoms with Crippen molar-refractivity contribution in [3.8, 4) is 11.4 Å². The van der Waals surface area contributed by atoms with Crippen molar-refractivity contribution in [3.05, 3.63) is 81.7 Å². The molecule has 2 aromatic heterocycles. The number of amides is 1. The highest BCUT2D eigenvalue weighted by Crippen LogP contribution is 2.27. The molecule has 0 spiro atoms. The Hall–Kier alpha value is -3.36. The number of carbonyl (C=O) groups is 1. The first-order valence-corrected chi connectivity index (χ1v) is 10.1. The first-order chi connectivity index (χ1) is 15.0. The number of hydrogen-bond acceptors (Lipinski definition) is 5. The molecule has 10 heteroatoms. The molecule has 0 fully saturated rings. The highest BCUT2D eigenvalue weighted by molar-refractivity contribution is 6.42. The zero-order valence-corrected chi connectivity index (χ0v) is 18.2. The lowest BCUT2D eigenvalue weighted by molar-refractivity contribution is 0.102. The molecule has 0 aliphatic heterocycles. The molecule has 4 aromatic rings. The fourth-order valence-electron chi connectivity index (χ4n) is 3.10. The highest BCUT2D eigenvalue weighted by atomic mass is 35.5. The van der Waals surface area contributed by atoms with E-state index in [1.807, 2.05) is 36.4 Å². The van der Waals surface area contributed by atoms with Gasteiger partial charge in [0, 0.05) is 12.1 Å². The monoisotopic (exact) mass is 456 g/mol. The maximum atomic E-state index is 12.9. The van der Waals surface area contributed by atoms with Gasteiger partial charge in [0.1, 0.15) is 11.6 Å². The van der Waals surface area contributed by atoms with Gasteiger partial charge in [-0.3, -0.25) is 4.79 Å². The second-order valence-electron chi connectivity index (χ2n) is 6.68. The number of carbonyl (C=O) groups excluding carboxylic acids is 1. The second-order valence-corrected chi connectivity index (χ2v) is 7.46. The number of nitrogens with one attached hydrogen (secondary N) is 1. The van der Waals surface area contributed by atoms with E-state index in [9.17, 15) is 4.79 Å². The standard InChI is InChI=1S/C21H18Cl2N6O2/c1-13-20(26-27-29(13)15-6-4-7-16(11-15)31-2)21(30)25-18-9-10-24-28(18)12-14-5-3-8-17(22)19(14)23/h3-11H,12H2,1-2H3,(H,25,30). The normalized spacial score (nSPS) is 10.8. The summed E-state index contributed by atoms with van der Waals surface area (Å²) < 4.78 is 8.46. The number of methoxy groups -OCH3 is 1. The Morgan fingerprint density at radius 3 is 2.77 bits per heavy atom. The van der Waals surface area contributed by atoms with Gasteiger partial charge in [0.25, 0.3) is 5.91 Å². The average molecular weight is 457 g/mol. The third-order valence-electron chi connectivity index (χ3n) is 4.72. The molecule has 0 unspecified atom stereocenters. The van der Waals surface area contributed by atoms with Gasteiger partial charge in [0.05, 0.1) is 41.3 Å². The van der Waals surface area contributed by atoms with Crippen molar-refractivity contribution in [3.63, 3.8) is 0 Å². The Bertz CT molecular complexity index is 1250. The van der Waals surface area contributed by atoms with Gasteiger partial charge in [0.15, 0.2) is 5.69 Å². The zero-order chi connectivity index (χ0) is 22.0. The Labute approximate surface area is 188 Å². The van der Waals surface area contributed by atoms with Crippen molar-refractivity contribution in [2.45, 2.75) is 13.5 Å². The molecule has 0 saturated carbocycles. The summed E-state index contributed by atoms with van der Waals surface area (Å²) >= 11 is 12.4. The molecular weight excluding hydrogens is 439 g/mol. The van der Waals surface area contributed by atoms with Gasteiger partial charge in [-0.1, -0.05) is 46.6 Å². The summed E-state index contributed by atoms with van der Waals surface area (Å²) in [6.07, 6.45) is 1.59. The van der Waals surface area contributed by atoms with Crippen LogP contribution >= 0.6 is 23.2 Å². The lowest BCUT2D eigenvalue weighted by atomic mass is 10.2. The maximum absolute atomic E-state index is 12.9. The molecule has 2 heterocycles. The fraction of sp³-hybridized carbons (Fsp3) is 0.143. The van der Waals surface area contributed by atoms with E-state index >= 15 is 0 Å². The van der Waals surface area contributed by atoms with Crippen LogP contribution < -0.4 is 10.1 Å². The van der Waals surface area contributed by atoms with Crippen LogP contribution in [0.5, 0.6) is 5.75 Å². The van der Waals surface area contributed by atoms with Crippen LogP contribution in [0.2, 0.25) is 10.0 Å². The van der Waals surface area contributed by atoms with Gasteiger partial charge in [-0.25, -0.2) is 9.36 Å². The van der Waals surface area contributed by atoms with Gasteiger partial charge in [-0.15, -0.1) is 5.10 Å². The zero-order valence-electron chi connectivity index (χ0n) is 16.7. The van der Waals surface area contributed by atoms with E-state index < -0.39 is 5.91 Å². The summed E-state index contributed by atoms with van der Waals surface area (Å²) in [6.45, 7) is 2.12. The Balaban J connectivity index is 1.56. The van der Waals surface area contributed by atoms with Crippen molar-refractivity contribution in [2.75, 3.05) is 12.4 Å². The molecular formula is C21H18Cl2N6O2. The van der Waals surface area contributed by atoms with E-state index in [1.54, 1.807) is 41.7 Å². The van der Waals surface area contributed by atoms with Crippen LogP contribution in [0, 0.1) is 6.92 Å². The molecule has 0 aliphatic carbocycles. The minimum atomic E-state index is -0.398. The molecule has 1 N–H and O–H groups in total. The van der Waals surface area contributed by atoms with E-state index in [2.05, 4.69) is 20.7 Å². The lowest BCUT2D eigenvalue weighted by Crippen LogP contribution is -2.18. The lowest BCUT2D eigenvalue weighted by Gasteiger charge is -2.10. The average Bonchev–Trinajstić information content (AvgIpc) is 3.37. The van der Waals surface area contributed by atoms with E-state index in [4.69, 9.17) is 27.9 Å². The maximum Gasteiger partial charge on any atom is 0.279 e. The molecule has 4 rings (SSSR count). The largest absolute Gasteiger partial charge is 0.497 e. The molecule has 158 valence electrons. The highest BCUT2D eigenvalue weighted by Gasteiger charge is 2.19. The summed E-state index contributed by atoms with van der Waals surface area (Å²) in [5, 5.41) is 16.2. The van der Waals surface area contributed by atoms with E-state index in [-0.39, 0.29) is 5.69 Å². The van der Waals surface area contributed by atoms with Crippen LogP contribution in [0.4, 0.5) is 5.82 Å². The summed E-state index contributed by atoms with van der Waals surface area (Å²) in [6, 6.07) is 14.4. The van der Waals surface area contributed by atoms with Gasteiger partial charge in [-0.05, 0) is 30.7 Å². The van der Waals surface area contributed by atoms with E-state index in [1.165, 1.54) is 0 Å². The number of benzene rings is 2. The summed E-state index contributed by atoms with van der Waals surface area (Å²) in [4.78, 5) is 12.9. The number of ether oxygens (including phenoxy) is 1. The van der Waals surface area contributed by atoms with Crippen molar-refractivity contribution in [1.29, 1.82) is 0 Å². The Kier molecular flexibility index (Phi) is 5.92. The van der Waals surface area contributed by atoms with Crippen molar-refractivity contribution < 1.29 is 9.53 Å². The molecule has 8 nitrogen and oxygen atoms in total. The first kappa shape index (κ1) is 20.9. The topological polar surface area (TPSA) is 86.9 Å². The molecule has 0 aliphatic rings. The van der Waals surface area contributed by atoms with Crippen LogP contribution in [0.25, 0.3) is 5.69 Å². The molecule has 0 atom stereocenters. The second kappa shape index (κ2) is 8.79. The molecule has 1 amide bonds. The van der Waals surface area contributed by atoms with Crippen molar-refractivity contribution in [2.24, 2.45) is 0 Å². The number of nitrogens with zero attached hydrogens (tertiary/aromatic N) is 5. The van der Waals surface area contributed by atoms with Crippen LogP contribution in [0.15, 0.2) is 54.7 Å². The smallest absolute Gasteiger partial charge is 0.279 e. The predicted octanol–water partition coefficient (Wildman–Crippen LogP) is 4.39. The third kappa shape index (κ3) is 4.26. The molecule has 0 bridgehead atoms. The fourth-order valence-corrected chi connectivity index (χ4v) is 3.48. The van der Waals surface area contributed by atoms with Crippen molar-refractivity contribution in [1.82, 2.24) is 24.8 Å². The van der Waals surface area contributed by atoms with Crippen LogP contribution in [-0.4, -0.2) is 37.8 Å². The number of hydrogen-bond donors (Lipinski definition) is 1. The summed E-state index contributed by atoms with van der Waals surface area (Å²) in [5.74, 6) is 0.781. The Morgan fingerprint density at radius 1 is 1.16 bits per heavy atom. The first-order valence-electron chi connectivity index (χ1n) is 9.30. The van der Waals surface area contributed by atoms with Gasteiger partial charge in [-0.2, -0.15) is 5.10 Å². The summed E-state index contributed by atoms with van der Waals surface area (Å²) in [7, 11) is 1.59. The minimum Gasteiger partial charge on any atom is -0.497 e. The molecule has 2 aromatic carbocycles. The van der Waals surface area contributed by atoms with Crippen LogP contribution in [-0.2, 0) is 6.54 Å². The number of rotatable bonds is 6. The number of halogens is 2.